The number of nitrogens with two attached hydrogens (primary N) is 1. The Kier molecular flexibility index (Phi) is 3.96. The van der Waals surface area contributed by atoms with Crippen LogP contribution in [0.25, 0.3) is 0 Å². The molecule has 0 heterocycles. The Morgan fingerprint density at radius 2 is 1.58 bits per heavy atom. The van der Waals surface area contributed by atoms with Crippen LogP contribution >= 0.6 is 0 Å². The van der Waals surface area contributed by atoms with Crippen molar-refractivity contribution >= 4 is 0 Å². The molecule has 1 unspecified atom stereocenters. The van der Waals surface area contributed by atoms with Crippen molar-refractivity contribution in [3.05, 3.63) is 70.3 Å². The van der Waals surface area contributed by atoms with Gasteiger partial charge in [0.05, 0.1) is 0 Å². The second-order valence-corrected chi connectivity index (χ2v) is 4.83. The summed E-state index contributed by atoms with van der Waals surface area (Å²) >= 11 is 0. The molecule has 100 valence electrons. The summed E-state index contributed by atoms with van der Waals surface area (Å²) in [5, 5.41) is 0. The molecule has 2 rings (SSSR count). The lowest BCUT2D eigenvalue weighted by Gasteiger charge is -2.18. The molecule has 0 aliphatic heterocycles. The number of hydrogen-bond acceptors (Lipinski definition) is 1. The van der Waals surface area contributed by atoms with E-state index in [4.69, 9.17) is 5.73 Å². The molecule has 0 saturated carbocycles. The van der Waals surface area contributed by atoms with Crippen LogP contribution in [0.2, 0.25) is 0 Å². The topological polar surface area (TPSA) is 26.0 Å². The maximum Gasteiger partial charge on any atom is 0.162 e. The lowest BCUT2D eigenvalue weighted by atomic mass is 9.92. The Morgan fingerprint density at radius 1 is 1.00 bits per heavy atom. The summed E-state index contributed by atoms with van der Waals surface area (Å²) in [7, 11) is 0. The van der Waals surface area contributed by atoms with Crippen molar-refractivity contribution in [1.29, 1.82) is 0 Å². The van der Waals surface area contributed by atoms with Crippen LogP contribution in [0.4, 0.5) is 8.78 Å². The molecule has 0 aliphatic carbocycles. The largest absolute Gasteiger partial charge is 0.324 e. The molecule has 0 spiro atoms. The molecule has 19 heavy (non-hydrogen) atoms. The van der Waals surface area contributed by atoms with Gasteiger partial charge in [0.2, 0.25) is 0 Å². The quantitative estimate of drug-likeness (QED) is 0.893. The van der Waals surface area contributed by atoms with Gasteiger partial charge in [0.1, 0.15) is 0 Å². The average Bonchev–Trinajstić information content (AvgIpc) is 2.35. The molecule has 0 radical (unpaired) electrons. The summed E-state index contributed by atoms with van der Waals surface area (Å²) in [6.07, 6.45) is 0.287. The minimum atomic E-state index is -0.828. The Bertz CT molecular complexity index is 573. The number of aryl methyl sites for hydroxylation is 2. The van der Waals surface area contributed by atoms with Crippen molar-refractivity contribution in [3.8, 4) is 0 Å². The van der Waals surface area contributed by atoms with Crippen molar-refractivity contribution < 1.29 is 8.78 Å². The van der Waals surface area contributed by atoms with Crippen LogP contribution in [0.1, 0.15) is 28.3 Å². The first-order chi connectivity index (χ1) is 9.00. The van der Waals surface area contributed by atoms with Gasteiger partial charge in [-0.05, 0) is 48.6 Å². The minimum absolute atomic E-state index is 0.287. The molecule has 2 aromatic rings. The van der Waals surface area contributed by atoms with Gasteiger partial charge in [-0.3, -0.25) is 0 Å². The zero-order chi connectivity index (χ0) is 14.0. The van der Waals surface area contributed by atoms with Gasteiger partial charge in [-0.2, -0.15) is 0 Å². The standard InChI is InChI=1S/C16H17F2N/c1-10-5-3-6-11(2)15(10)14(19)9-12-7-4-8-13(17)16(12)18/h3-8,14H,9,19H2,1-2H3. The molecule has 0 bridgehead atoms. The van der Waals surface area contributed by atoms with E-state index in [1.54, 1.807) is 6.07 Å². The van der Waals surface area contributed by atoms with E-state index in [9.17, 15) is 8.78 Å². The molecular formula is C16H17F2N. The van der Waals surface area contributed by atoms with E-state index in [2.05, 4.69) is 0 Å². The Hall–Kier alpha value is -1.74. The molecule has 0 fully saturated rings. The monoisotopic (exact) mass is 261 g/mol. The smallest absolute Gasteiger partial charge is 0.162 e. The number of rotatable bonds is 3. The molecule has 0 aromatic heterocycles. The van der Waals surface area contributed by atoms with Gasteiger partial charge in [-0.15, -0.1) is 0 Å². The van der Waals surface area contributed by atoms with Gasteiger partial charge < -0.3 is 5.73 Å². The second kappa shape index (κ2) is 5.49. The maximum absolute atomic E-state index is 13.6. The van der Waals surface area contributed by atoms with Gasteiger partial charge in [-0.1, -0.05) is 30.3 Å². The van der Waals surface area contributed by atoms with Gasteiger partial charge in [0, 0.05) is 6.04 Å². The normalized spacial score (nSPS) is 12.5. The SMILES string of the molecule is Cc1cccc(C)c1C(N)Cc1cccc(F)c1F. The summed E-state index contributed by atoms with van der Waals surface area (Å²) in [4.78, 5) is 0. The summed E-state index contributed by atoms with van der Waals surface area (Å²) in [5.74, 6) is -1.63. The third kappa shape index (κ3) is 2.82. The van der Waals surface area contributed by atoms with Crippen LogP contribution in [-0.4, -0.2) is 0 Å². The molecular weight excluding hydrogens is 244 g/mol. The van der Waals surface area contributed by atoms with Gasteiger partial charge in [0.15, 0.2) is 11.6 Å². The Balaban J connectivity index is 2.31. The third-order valence-electron chi connectivity index (χ3n) is 3.38. The highest BCUT2D eigenvalue weighted by atomic mass is 19.2. The van der Waals surface area contributed by atoms with E-state index in [-0.39, 0.29) is 12.5 Å². The molecule has 3 heteroatoms. The van der Waals surface area contributed by atoms with Crippen LogP contribution in [0, 0.1) is 25.5 Å². The summed E-state index contributed by atoms with van der Waals surface area (Å²) in [6.45, 7) is 3.95. The summed E-state index contributed by atoms with van der Waals surface area (Å²) in [6, 6.07) is 9.77. The van der Waals surface area contributed by atoms with Crippen molar-refractivity contribution in [1.82, 2.24) is 0 Å². The fourth-order valence-corrected chi connectivity index (χ4v) is 2.46. The molecule has 2 N–H and O–H groups in total. The lowest BCUT2D eigenvalue weighted by molar-refractivity contribution is 0.494. The zero-order valence-corrected chi connectivity index (χ0v) is 11.1. The Labute approximate surface area is 112 Å². The van der Waals surface area contributed by atoms with Crippen molar-refractivity contribution in [3.63, 3.8) is 0 Å². The molecule has 0 saturated heterocycles. The first-order valence-electron chi connectivity index (χ1n) is 6.25. The number of benzene rings is 2. The zero-order valence-electron chi connectivity index (χ0n) is 11.1. The molecule has 2 aromatic carbocycles. The molecule has 1 nitrogen and oxygen atoms in total. The van der Waals surface area contributed by atoms with Crippen LogP contribution in [0.15, 0.2) is 36.4 Å². The van der Waals surface area contributed by atoms with E-state index < -0.39 is 11.6 Å². The first kappa shape index (κ1) is 13.7. The van der Waals surface area contributed by atoms with Crippen LogP contribution in [0.3, 0.4) is 0 Å². The predicted octanol–water partition coefficient (Wildman–Crippen LogP) is 3.82. The van der Waals surface area contributed by atoms with E-state index >= 15 is 0 Å². The van der Waals surface area contributed by atoms with E-state index in [1.165, 1.54) is 6.07 Å². The minimum Gasteiger partial charge on any atom is -0.324 e. The van der Waals surface area contributed by atoms with Crippen LogP contribution in [-0.2, 0) is 6.42 Å². The van der Waals surface area contributed by atoms with Crippen LogP contribution in [0.5, 0.6) is 0 Å². The molecule has 1 atom stereocenters. The average molecular weight is 261 g/mol. The highest BCUT2D eigenvalue weighted by Gasteiger charge is 2.15. The van der Waals surface area contributed by atoms with Crippen molar-refractivity contribution in [2.45, 2.75) is 26.3 Å². The second-order valence-electron chi connectivity index (χ2n) is 4.83. The van der Waals surface area contributed by atoms with Crippen molar-refractivity contribution in [2.24, 2.45) is 5.73 Å². The predicted molar refractivity (Wildman–Crippen MR) is 72.9 cm³/mol. The van der Waals surface area contributed by atoms with Gasteiger partial charge in [0.25, 0.3) is 0 Å². The lowest BCUT2D eigenvalue weighted by Crippen LogP contribution is -2.17. The maximum atomic E-state index is 13.6. The molecule has 0 amide bonds. The Morgan fingerprint density at radius 3 is 2.21 bits per heavy atom. The summed E-state index contributed by atoms with van der Waals surface area (Å²) < 4.78 is 26.8. The third-order valence-corrected chi connectivity index (χ3v) is 3.38. The van der Waals surface area contributed by atoms with E-state index in [1.807, 2.05) is 32.0 Å². The van der Waals surface area contributed by atoms with Gasteiger partial charge >= 0.3 is 0 Å². The number of halogens is 2. The van der Waals surface area contributed by atoms with E-state index in [0.29, 0.717) is 5.56 Å². The molecule has 0 aliphatic rings. The fourth-order valence-electron chi connectivity index (χ4n) is 2.46. The highest BCUT2D eigenvalue weighted by molar-refractivity contribution is 5.37. The van der Waals surface area contributed by atoms with Gasteiger partial charge in [-0.25, -0.2) is 8.78 Å². The van der Waals surface area contributed by atoms with Crippen LogP contribution < -0.4 is 5.73 Å². The number of hydrogen-bond donors (Lipinski definition) is 1. The fraction of sp³-hybridized carbons (Fsp3) is 0.250. The highest BCUT2D eigenvalue weighted by Crippen LogP contribution is 2.24. The van der Waals surface area contributed by atoms with Crippen molar-refractivity contribution in [2.75, 3.05) is 0 Å². The van der Waals surface area contributed by atoms with E-state index in [0.717, 1.165) is 22.8 Å². The first-order valence-corrected chi connectivity index (χ1v) is 6.25. The summed E-state index contributed by atoms with van der Waals surface area (Å²) in [5.41, 5.74) is 9.63.